The molecule has 0 unspecified atom stereocenters. The van der Waals surface area contributed by atoms with Crippen molar-refractivity contribution in [2.75, 3.05) is 4.72 Å². The van der Waals surface area contributed by atoms with Crippen LogP contribution in [-0.2, 0) is 10.0 Å². The van der Waals surface area contributed by atoms with E-state index < -0.39 is 10.0 Å². The summed E-state index contributed by atoms with van der Waals surface area (Å²) in [5.74, 6) is 0.0776. The summed E-state index contributed by atoms with van der Waals surface area (Å²) >= 11 is 5.67. The first kappa shape index (κ1) is 14.2. The SMILES string of the molecule is Cc1cc(C#N)ccc1S(=O)(=O)Nc1cc(Cl)ncn1. The van der Waals surface area contributed by atoms with Crippen molar-refractivity contribution in [3.8, 4) is 6.07 Å². The lowest BCUT2D eigenvalue weighted by atomic mass is 10.2. The monoisotopic (exact) mass is 308 g/mol. The first-order chi connectivity index (χ1) is 9.42. The second kappa shape index (κ2) is 5.45. The number of aromatic nitrogens is 2. The van der Waals surface area contributed by atoms with E-state index in [0.717, 1.165) is 6.33 Å². The smallest absolute Gasteiger partial charge is 0.263 e. The molecule has 0 radical (unpaired) electrons. The van der Waals surface area contributed by atoms with E-state index in [4.69, 9.17) is 16.9 Å². The van der Waals surface area contributed by atoms with E-state index in [1.165, 1.54) is 24.3 Å². The summed E-state index contributed by atoms with van der Waals surface area (Å²) in [5.41, 5.74) is 0.864. The van der Waals surface area contributed by atoms with E-state index in [0.29, 0.717) is 11.1 Å². The second-order valence-electron chi connectivity index (χ2n) is 3.92. The average Bonchev–Trinajstić information content (AvgIpc) is 2.37. The second-order valence-corrected chi connectivity index (χ2v) is 5.96. The summed E-state index contributed by atoms with van der Waals surface area (Å²) in [5, 5.41) is 8.91. The van der Waals surface area contributed by atoms with Crippen LogP contribution in [0.3, 0.4) is 0 Å². The number of nitrogens with zero attached hydrogens (tertiary/aromatic N) is 3. The number of hydrogen-bond acceptors (Lipinski definition) is 5. The molecule has 1 heterocycles. The van der Waals surface area contributed by atoms with E-state index in [9.17, 15) is 8.42 Å². The lowest BCUT2D eigenvalue weighted by Gasteiger charge is -2.09. The summed E-state index contributed by atoms with van der Waals surface area (Å²) in [6.45, 7) is 1.61. The number of anilines is 1. The number of halogens is 1. The highest BCUT2D eigenvalue weighted by molar-refractivity contribution is 7.92. The zero-order valence-electron chi connectivity index (χ0n) is 10.3. The third-order valence-corrected chi connectivity index (χ3v) is 4.19. The summed E-state index contributed by atoms with van der Waals surface area (Å²) in [6.07, 6.45) is 1.16. The molecule has 8 heteroatoms. The van der Waals surface area contributed by atoms with Crippen LogP contribution in [0.15, 0.2) is 35.5 Å². The maximum atomic E-state index is 12.2. The van der Waals surface area contributed by atoms with Crippen LogP contribution < -0.4 is 4.72 Å². The molecule has 0 aliphatic carbocycles. The molecule has 0 bridgehead atoms. The highest BCUT2D eigenvalue weighted by Crippen LogP contribution is 2.20. The Morgan fingerprint density at radius 3 is 2.65 bits per heavy atom. The van der Waals surface area contributed by atoms with E-state index in [1.54, 1.807) is 6.92 Å². The van der Waals surface area contributed by atoms with Crippen molar-refractivity contribution >= 4 is 27.4 Å². The number of aryl methyl sites for hydroxylation is 1. The third kappa shape index (κ3) is 3.04. The van der Waals surface area contributed by atoms with Gasteiger partial charge in [-0.15, -0.1) is 0 Å². The van der Waals surface area contributed by atoms with Gasteiger partial charge in [-0.3, -0.25) is 4.72 Å². The fourth-order valence-electron chi connectivity index (χ4n) is 1.60. The lowest BCUT2D eigenvalue weighted by molar-refractivity contribution is 0.600. The highest BCUT2D eigenvalue weighted by atomic mass is 35.5. The van der Waals surface area contributed by atoms with Gasteiger partial charge < -0.3 is 0 Å². The first-order valence-corrected chi connectivity index (χ1v) is 7.29. The largest absolute Gasteiger partial charge is 0.263 e. The van der Waals surface area contributed by atoms with Crippen molar-refractivity contribution in [1.82, 2.24) is 9.97 Å². The maximum absolute atomic E-state index is 12.2. The van der Waals surface area contributed by atoms with E-state index in [2.05, 4.69) is 14.7 Å². The molecule has 0 spiro atoms. The molecule has 102 valence electrons. The van der Waals surface area contributed by atoms with Gasteiger partial charge in [0.2, 0.25) is 0 Å². The fraction of sp³-hybridized carbons (Fsp3) is 0.0833. The van der Waals surface area contributed by atoms with Gasteiger partial charge in [-0.1, -0.05) is 11.6 Å². The standard InChI is InChI=1S/C12H9ClN4O2S/c1-8-4-9(6-14)2-3-10(8)20(18,19)17-12-5-11(13)15-7-16-12/h2-5,7H,1H3,(H,15,16,17). The number of sulfonamides is 1. The van der Waals surface area contributed by atoms with Gasteiger partial charge >= 0.3 is 0 Å². The zero-order valence-corrected chi connectivity index (χ0v) is 11.9. The van der Waals surface area contributed by atoms with Crippen LogP contribution in [0.25, 0.3) is 0 Å². The molecule has 1 aromatic carbocycles. The van der Waals surface area contributed by atoms with Crippen molar-refractivity contribution in [3.05, 3.63) is 46.9 Å². The van der Waals surface area contributed by atoms with Crippen molar-refractivity contribution < 1.29 is 8.42 Å². The molecular formula is C12H9ClN4O2S. The number of nitriles is 1. The molecule has 6 nitrogen and oxygen atoms in total. The normalized spacial score (nSPS) is 10.8. The van der Waals surface area contributed by atoms with Gasteiger partial charge in [-0.25, -0.2) is 18.4 Å². The van der Waals surface area contributed by atoms with Crippen LogP contribution in [0, 0.1) is 18.3 Å². The van der Waals surface area contributed by atoms with Gasteiger partial charge in [-0.05, 0) is 30.7 Å². The Hall–Kier alpha value is -2.17. The van der Waals surface area contributed by atoms with Crippen LogP contribution >= 0.6 is 11.6 Å². The molecule has 20 heavy (non-hydrogen) atoms. The predicted molar refractivity (Wildman–Crippen MR) is 73.7 cm³/mol. The van der Waals surface area contributed by atoms with Crippen molar-refractivity contribution in [3.63, 3.8) is 0 Å². The van der Waals surface area contributed by atoms with Gasteiger partial charge in [-0.2, -0.15) is 5.26 Å². The lowest BCUT2D eigenvalue weighted by Crippen LogP contribution is -2.15. The van der Waals surface area contributed by atoms with Crippen molar-refractivity contribution in [2.45, 2.75) is 11.8 Å². The number of nitrogens with one attached hydrogen (secondary N) is 1. The Morgan fingerprint density at radius 1 is 1.30 bits per heavy atom. The molecule has 0 aliphatic rings. The first-order valence-electron chi connectivity index (χ1n) is 5.43. The van der Waals surface area contributed by atoms with E-state index in [-0.39, 0.29) is 15.9 Å². The van der Waals surface area contributed by atoms with Crippen LogP contribution in [0.1, 0.15) is 11.1 Å². The highest BCUT2D eigenvalue weighted by Gasteiger charge is 2.18. The Labute approximate surface area is 121 Å². The van der Waals surface area contributed by atoms with Gasteiger partial charge in [0.1, 0.15) is 17.3 Å². The quantitative estimate of drug-likeness (QED) is 0.876. The minimum atomic E-state index is -3.79. The molecular weight excluding hydrogens is 300 g/mol. The van der Waals surface area contributed by atoms with Crippen LogP contribution in [0.2, 0.25) is 5.15 Å². The summed E-state index contributed by atoms with van der Waals surface area (Å²) in [6, 6.07) is 7.57. The Kier molecular flexibility index (Phi) is 3.88. The fourth-order valence-corrected chi connectivity index (χ4v) is 2.98. The molecule has 0 amide bonds. The van der Waals surface area contributed by atoms with Crippen LogP contribution in [-0.4, -0.2) is 18.4 Å². The average molecular weight is 309 g/mol. The molecule has 2 aromatic rings. The Bertz CT molecular complexity index is 799. The van der Waals surface area contributed by atoms with E-state index >= 15 is 0 Å². The number of rotatable bonds is 3. The van der Waals surface area contributed by atoms with Crippen LogP contribution in [0.5, 0.6) is 0 Å². The molecule has 0 atom stereocenters. The summed E-state index contributed by atoms with van der Waals surface area (Å²) in [4.78, 5) is 7.52. The minimum Gasteiger partial charge on any atom is -0.263 e. The molecule has 0 fully saturated rings. The Balaban J connectivity index is 2.39. The molecule has 0 saturated carbocycles. The summed E-state index contributed by atoms with van der Waals surface area (Å²) < 4.78 is 26.8. The number of hydrogen-bond donors (Lipinski definition) is 1. The van der Waals surface area contributed by atoms with E-state index in [1.807, 2.05) is 6.07 Å². The molecule has 0 saturated heterocycles. The van der Waals surface area contributed by atoms with Crippen molar-refractivity contribution in [1.29, 1.82) is 5.26 Å². The van der Waals surface area contributed by atoms with Crippen LogP contribution in [0.4, 0.5) is 5.82 Å². The van der Waals surface area contributed by atoms with Gasteiger partial charge in [0, 0.05) is 6.07 Å². The van der Waals surface area contributed by atoms with Crippen molar-refractivity contribution in [2.24, 2.45) is 0 Å². The van der Waals surface area contributed by atoms with Gasteiger partial charge in [0.05, 0.1) is 16.5 Å². The molecule has 2 rings (SSSR count). The maximum Gasteiger partial charge on any atom is 0.263 e. The third-order valence-electron chi connectivity index (χ3n) is 2.47. The summed E-state index contributed by atoms with van der Waals surface area (Å²) in [7, 11) is -3.79. The number of benzene rings is 1. The molecule has 1 aromatic heterocycles. The van der Waals surface area contributed by atoms with Gasteiger partial charge in [0.15, 0.2) is 0 Å². The topological polar surface area (TPSA) is 95.7 Å². The van der Waals surface area contributed by atoms with Gasteiger partial charge in [0.25, 0.3) is 10.0 Å². The molecule has 0 aliphatic heterocycles. The zero-order chi connectivity index (χ0) is 14.8. The predicted octanol–water partition coefficient (Wildman–Crippen LogP) is 2.11. The Morgan fingerprint density at radius 2 is 2.05 bits per heavy atom. The molecule has 1 N–H and O–H groups in total. The minimum absolute atomic E-state index is 0.0752.